The number of benzene rings is 2. The van der Waals surface area contributed by atoms with E-state index >= 15 is 0 Å². The molecule has 0 spiro atoms. The smallest absolute Gasteiger partial charge is 0.338 e. The third kappa shape index (κ3) is 8.46. The van der Waals surface area contributed by atoms with E-state index in [9.17, 15) is 9.59 Å². The van der Waals surface area contributed by atoms with Crippen molar-refractivity contribution < 1.29 is 27.4 Å². The Hall–Kier alpha value is -2.52. The molecule has 0 amide bonds. The first-order valence-corrected chi connectivity index (χ1v) is 10.9. The Morgan fingerprint density at radius 1 is 0.700 bits per heavy atom. The zero-order valence-electron chi connectivity index (χ0n) is 16.7. The SMILES string of the molecule is C=C(C)C(=O)Oc1ccc(COSSOCc2ccc(OC(=O)C(=C)C)cc2)cc1. The zero-order valence-corrected chi connectivity index (χ0v) is 18.3. The maximum atomic E-state index is 11.5. The Kier molecular flexibility index (Phi) is 9.69. The highest BCUT2D eigenvalue weighted by Gasteiger charge is 2.06. The second-order valence-corrected chi connectivity index (χ2v) is 7.85. The predicted octanol–water partition coefficient (Wildman–Crippen LogP) is 5.59. The molecule has 0 atom stereocenters. The van der Waals surface area contributed by atoms with Crippen molar-refractivity contribution in [1.29, 1.82) is 0 Å². The summed E-state index contributed by atoms with van der Waals surface area (Å²) in [5.74, 6) is 0.00582. The van der Waals surface area contributed by atoms with Gasteiger partial charge in [-0.05, 0) is 49.2 Å². The molecule has 0 aliphatic rings. The molecule has 0 aromatic heterocycles. The molecule has 0 fully saturated rings. The molecule has 0 bridgehead atoms. The van der Waals surface area contributed by atoms with Gasteiger partial charge >= 0.3 is 11.9 Å². The van der Waals surface area contributed by atoms with Crippen LogP contribution in [0, 0.1) is 0 Å². The minimum Gasteiger partial charge on any atom is -0.423 e. The first kappa shape index (κ1) is 23.8. The van der Waals surface area contributed by atoms with Gasteiger partial charge in [-0.15, -0.1) is 0 Å². The van der Waals surface area contributed by atoms with Crippen LogP contribution in [0.5, 0.6) is 11.5 Å². The van der Waals surface area contributed by atoms with Gasteiger partial charge in [0.15, 0.2) is 0 Å². The van der Waals surface area contributed by atoms with Gasteiger partial charge in [-0.25, -0.2) is 9.59 Å². The number of rotatable bonds is 11. The summed E-state index contributed by atoms with van der Waals surface area (Å²) in [5.41, 5.74) is 2.55. The fourth-order valence-electron chi connectivity index (χ4n) is 1.92. The molecule has 2 rings (SSSR count). The van der Waals surface area contributed by atoms with Crippen molar-refractivity contribution in [3.05, 3.63) is 84.0 Å². The predicted molar refractivity (Wildman–Crippen MR) is 119 cm³/mol. The van der Waals surface area contributed by atoms with E-state index in [1.54, 1.807) is 38.1 Å². The second kappa shape index (κ2) is 12.2. The van der Waals surface area contributed by atoms with Crippen molar-refractivity contribution in [3.8, 4) is 11.5 Å². The van der Waals surface area contributed by atoms with Crippen molar-refractivity contribution in [2.45, 2.75) is 27.1 Å². The fraction of sp³-hybridized carbons (Fsp3) is 0.182. The summed E-state index contributed by atoms with van der Waals surface area (Å²) < 4.78 is 21.2. The minimum absolute atomic E-state index is 0.345. The molecule has 0 heterocycles. The molecule has 0 saturated carbocycles. The Balaban J connectivity index is 1.62. The van der Waals surface area contributed by atoms with E-state index in [1.165, 1.54) is 0 Å². The van der Waals surface area contributed by atoms with Gasteiger partial charge < -0.3 is 9.47 Å². The topological polar surface area (TPSA) is 71.1 Å². The van der Waals surface area contributed by atoms with Crippen LogP contribution < -0.4 is 9.47 Å². The number of esters is 2. The van der Waals surface area contributed by atoms with Crippen LogP contribution >= 0.6 is 22.1 Å². The van der Waals surface area contributed by atoms with Crippen LogP contribution in [-0.4, -0.2) is 11.9 Å². The summed E-state index contributed by atoms with van der Waals surface area (Å²) in [6.45, 7) is 11.0. The van der Waals surface area contributed by atoms with Gasteiger partial charge in [0, 0.05) is 11.1 Å². The Morgan fingerprint density at radius 3 is 1.33 bits per heavy atom. The zero-order chi connectivity index (χ0) is 21.9. The number of ether oxygens (including phenoxy) is 2. The highest BCUT2D eigenvalue weighted by molar-refractivity contribution is 8.73. The van der Waals surface area contributed by atoms with Crippen LogP contribution in [0.25, 0.3) is 0 Å². The minimum atomic E-state index is -0.453. The Labute approximate surface area is 184 Å². The van der Waals surface area contributed by atoms with Crippen LogP contribution in [0.1, 0.15) is 25.0 Å². The summed E-state index contributed by atoms with van der Waals surface area (Å²) in [6.07, 6.45) is 0. The van der Waals surface area contributed by atoms with Crippen LogP contribution in [0.4, 0.5) is 0 Å². The quantitative estimate of drug-likeness (QED) is 0.110. The molecular formula is C22H22O6S2. The second-order valence-electron chi connectivity index (χ2n) is 6.29. The maximum absolute atomic E-state index is 11.5. The molecule has 158 valence electrons. The molecule has 0 aliphatic heterocycles. The van der Waals surface area contributed by atoms with Crippen molar-refractivity contribution in [3.63, 3.8) is 0 Å². The van der Waals surface area contributed by atoms with Crippen molar-refractivity contribution in [1.82, 2.24) is 0 Å². The lowest BCUT2D eigenvalue weighted by molar-refractivity contribution is -0.130. The summed E-state index contributed by atoms with van der Waals surface area (Å²) in [5, 5.41) is 0. The Bertz CT molecular complexity index is 815. The van der Waals surface area contributed by atoms with E-state index < -0.39 is 11.9 Å². The van der Waals surface area contributed by atoms with E-state index in [0.717, 1.165) is 33.3 Å². The molecule has 2 aromatic carbocycles. The third-order valence-corrected chi connectivity index (χ3v) is 4.77. The molecular weight excluding hydrogens is 424 g/mol. The maximum Gasteiger partial charge on any atom is 0.338 e. The number of hydrogen-bond acceptors (Lipinski definition) is 8. The van der Waals surface area contributed by atoms with Gasteiger partial charge in [0.2, 0.25) is 0 Å². The van der Waals surface area contributed by atoms with Gasteiger partial charge in [0.25, 0.3) is 0 Å². The lowest BCUT2D eigenvalue weighted by Crippen LogP contribution is -2.08. The standard InChI is InChI=1S/C22H22O6S2/c1-15(2)21(23)27-19-9-5-17(6-10-19)13-25-29-30-26-14-18-7-11-20(12-8-18)28-22(24)16(3)4/h5-12H,1,3,13-14H2,2,4H3. The van der Waals surface area contributed by atoms with Gasteiger partial charge in [-0.3, -0.25) is 8.37 Å². The molecule has 6 nitrogen and oxygen atoms in total. The summed E-state index contributed by atoms with van der Waals surface area (Å²) in [6, 6.07) is 14.1. The lowest BCUT2D eigenvalue weighted by Gasteiger charge is -2.06. The van der Waals surface area contributed by atoms with E-state index in [1.807, 2.05) is 24.3 Å². The van der Waals surface area contributed by atoms with Crippen molar-refractivity contribution >= 4 is 34.1 Å². The highest BCUT2D eigenvalue weighted by atomic mass is 33.1. The monoisotopic (exact) mass is 446 g/mol. The number of carbonyl (C=O) groups excluding carboxylic acids is 2. The molecule has 0 saturated heterocycles. The van der Waals surface area contributed by atoms with Gasteiger partial charge in [0.1, 0.15) is 11.5 Å². The molecule has 8 heteroatoms. The average molecular weight is 447 g/mol. The molecule has 30 heavy (non-hydrogen) atoms. The van der Waals surface area contributed by atoms with Crippen molar-refractivity contribution in [2.24, 2.45) is 0 Å². The highest BCUT2D eigenvalue weighted by Crippen LogP contribution is 2.27. The van der Waals surface area contributed by atoms with E-state index in [-0.39, 0.29) is 0 Å². The summed E-state index contributed by atoms with van der Waals surface area (Å²) in [4.78, 5) is 22.9. The van der Waals surface area contributed by atoms with Crippen molar-refractivity contribution in [2.75, 3.05) is 0 Å². The first-order valence-electron chi connectivity index (χ1n) is 8.86. The van der Waals surface area contributed by atoms with Gasteiger partial charge in [-0.1, -0.05) is 37.4 Å². The fourth-order valence-corrected chi connectivity index (χ4v) is 2.89. The van der Waals surface area contributed by atoms with Gasteiger partial charge in [0.05, 0.1) is 35.4 Å². The molecule has 0 aliphatic carbocycles. The third-order valence-electron chi connectivity index (χ3n) is 3.54. The lowest BCUT2D eigenvalue weighted by atomic mass is 10.2. The average Bonchev–Trinajstić information content (AvgIpc) is 2.72. The van der Waals surface area contributed by atoms with Crippen LogP contribution in [0.15, 0.2) is 72.8 Å². The summed E-state index contributed by atoms with van der Waals surface area (Å²) >= 11 is 2.24. The number of hydrogen-bond donors (Lipinski definition) is 0. The molecule has 2 aromatic rings. The molecule has 0 N–H and O–H groups in total. The molecule has 0 radical (unpaired) electrons. The molecule has 0 unspecified atom stereocenters. The summed E-state index contributed by atoms with van der Waals surface area (Å²) in [7, 11) is 0. The normalized spacial score (nSPS) is 10.3. The van der Waals surface area contributed by atoms with Crippen LogP contribution in [0.3, 0.4) is 0 Å². The number of carbonyl (C=O) groups is 2. The van der Waals surface area contributed by atoms with Crippen LogP contribution in [0.2, 0.25) is 0 Å². The van der Waals surface area contributed by atoms with Gasteiger partial charge in [-0.2, -0.15) is 0 Å². The van der Waals surface area contributed by atoms with E-state index in [4.69, 9.17) is 17.8 Å². The largest absolute Gasteiger partial charge is 0.423 e. The Morgan fingerprint density at radius 2 is 1.03 bits per heavy atom. The van der Waals surface area contributed by atoms with Crippen LogP contribution in [-0.2, 0) is 31.2 Å². The van der Waals surface area contributed by atoms with E-state index in [0.29, 0.717) is 35.9 Å². The van der Waals surface area contributed by atoms with E-state index in [2.05, 4.69) is 13.2 Å². The first-order chi connectivity index (χ1) is 14.3.